The van der Waals surface area contributed by atoms with Crippen LogP contribution in [0.25, 0.3) is 44.5 Å². The van der Waals surface area contributed by atoms with E-state index in [-0.39, 0.29) is 0 Å². The van der Waals surface area contributed by atoms with E-state index < -0.39 is 0 Å². The normalized spacial score (nSPS) is 11.6. The summed E-state index contributed by atoms with van der Waals surface area (Å²) in [6, 6.07) is 36.4. The van der Waals surface area contributed by atoms with Gasteiger partial charge in [0.05, 0.1) is 0 Å². The maximum Gasteiger partial charge on any atom is 0.0461 e. The zero-order chi connectivity index (χ0) is 27.0. The Balaban J connectivity index is 1.65. The molecular weight excluding hydrogens is 490 g/mol. The van der Waals surface area contributed by atoms with Gasteiger partial charge in [-0.05, 0) is 65.6 Å². The van der Waals surface area contributed by atoms with Crippen LogP contribution in [0, 0.1) is 0 Å². The Kier molecular flexibility index (Phi) is 8.16. The maximum atomic E-state index is 4.07. The molecule has 5 aromatic rings. The fourth-order valence-electron chi connectivity index (χ4n) is 4.50. The van der Waals surface area contributed by atoms with Crippen LogP contribution in [-0.2, 0) is 0 Å². The summed E-state index contributed by atoms with van der Waals surface area (Å²) in [6.45, 7) is 10.0. The van der Waals surface area contributed by atoms with Crippen LogP contribution in [0.1, 0.15) is 17.4 Å². The second kappa shape index (κ2) is 12.3. The lowest BCUT2D eigenvalue weighted by molar-refractivity contribution is 1.29. The molecule has 5 rings (SSSR count). The van der Waals surface area contributed by atoms with Crippen molar-refractivity contribution >= 4 is 39.3 Å². The number of allylic oxidation sites excluding steroid dienone is 4. The van der Waals surface area contributed by atoms with Gasteiger partial charge in [0.25, 0.3) is 0 Å². The quantitative estimate of drug-likeness (QED) is 0.174. The largest absolute Gasteiger partial charge is 0.324 e. The Hall–Kier alpha value is -4.66. The Morgan fingerprint density at radius 3 is 1.95 bits per heavy atom. The zero-order valence-corrected chi connectivity index (χ0v) is 22.9. The average Bonchev–Trinajstić information content (AvgIpc) is 3.35. The lowest BCUT2D eigenvalue weighted by Crippen LogP contribution is -2.07. The summed E-state index contributed by atoms with van der Waals surface area (Å²) in [5.41, 5.74) is 7.98. The van der Waals surface area contributed by atoms with Crippen molar-refractivity contribution in [3.05, 3.63) is 163 Å². The SMILES string of the molecule is C=Cc1sc2ccccc2c1/C=C\N(/C=C\C=C/C(=C)C)c1cc(-c2ccccc2)cc(-c2ccccc2)c1. The van der Waals surface area contributed by atoms with Crippen LogP contribution < -0.4 is 4.90 Å². The minimum absolute atomic E-state index is 1.01. The molecule has 1 heterocycles. The molecule has 0 saturated carbocycles. The molecule has 0 radical (unpaired) electrons. The van der Waals surface area contributed by atoms with Crippen LogP contribution in [0.4, 0.5) is 5.69 Å². The van der Waals surface area contributed by atoms with E-state index in [4.69, 9.17) is 0 Å². The van der Waals surface area contributed by atoms with Crippen LogP contribution >= 0.6 is 11.3 Å². The van der Waals surface area contributed by atoms with Crippen molar-refractivity contribution in [1.29, 1.82) is 0 Å². The van der Waals surface area contributed by atoms with Crippen molar-refractivity contribution < 1.29 is 0 Å². The molecule has 0 atom stereocenters. The third kappa shape index (κ3) is 6.26. The van der Waals surface area contributed by atoms with Crippen molar-refractivity contribution in [1.82, 2.24) is 0 Å². The standard InChI is InChI=1S/C37H31NS/c1-4-36-35(34-20-11-12-21-37(34)39-36)22-24-38(23-14-13-15-28(2)3)33-26-31(29-16-7-5-8-17-29)25-32(27-33)30-18-9-6-10-19-30/h4-27H,1-2H2,3H3/b15-13-,23-14-,24-22-. The van der Waals surface area contributed by atoms with Gasteiger partial charge in [-0.2, -0.15) is 0 Å². The molecule has 0 aliphatic rings. The van der Waals surface area contributed by atoms with Crippen molar-refractivity contribution in [2.75, 3.05) is 4.90 Å². The van der Waals surface area contributed by atoms with Crippen LogP contribution in [0.5, 0.6) is 0 Å². The highest BCUT2D eigenvalue weighted by atomic mass is 32.1. The molecule has 0 aliphatic carbocycles. The summed E-state index contributed by atoms with van der Waals surface area (Å²) in [5.74, 6) is 0. The lowest BCUT2D eigenvalue weighted by Gasteiger charge is -2.19. The summed E-state index contributed by atoms with van der Waals surface area (Å²) >= 11 is 1.77. The Morgan fingerprint density at radius 2 is 1.33 bits per heavy atom. The van der Waals surface area contributed by atoms with Crippen molar-refractivity contribution in [2.45, 2.75) is 6.92 Å². The van der Waals surface area contributed by atoms with E-state index in [1.807, 2.05) is 25.2 Å². The highest BCUT2D eigenvalue weighted by Crippen LogP contribution is 2.35. The van der Waals surface area contributed by atoms with E-state index in [0.29, 0.717) is 0 Å². The average molecular weight is 522 g/mol. The maximum absolute atomic E-state index is 4.07. The molecule has 0 fully saturated rings. The smallest absolute Gasteiger partial charge is 0.0461 e. The Bertz CT molecular complexity index is 1630. The molecule has 0 saturated heterocycles. The first kappa shape index (κ1) is 26.0. The first-order valence-corrected chi connectivity index (χ1v) is 13.8. The Morgan fingerprint density at radius 1 is 0.718 bits per heavy atom. The number of rotatable bonds is 9. The molecule has 4 aromatic carbocycles. The Labute approximate surface area is 235 Å². The molecule has 1 aromatic heterocycles. The predicted molar refractivity (Wildman–Crippen MR) is 174 cm³/mol. The number of hydrogen-bond acceptors (Lipinski definition) is 2. The van der Waals surface area contributed by atoms with E-state index in [1.165, 1.54) is 42.8 Å². The number of hydrogen-bond donors (Lipinski definition) is 0. The third-order valence-corrected chi connectivity index (χ3v) is 7.60. The molecule has 0 bridgehead atoms. The van der Waals surface area contributed by atoms with Gasteiger partial charge in [-0.25, -0.2) is 0 Å². The zero-order valence-electron chi connectivity index (χ0n) is 22.1. The van der Waals surface area contributed by atoms with E-state index in [2.05, 4.69) is 146 Å². The minimum Gasteiger partial charge on any atom is -0.324 e. The molecule has 2 heteroatoms. The van der Waals surface area contributed by atoms with Crippen LogP contribution in [0.3, 0.4) is 0 Å². The predicted octanol–water partition coefficient (Wildman–Crippen LogP) is 11.0. The van der Waals surface area contributed by atoms with Gasteiger partial charge in [-0.15, -0.1) is 11.3 Å². The third-order valence-electron chi connectivity index (χ3n) is 6.42. The van der Waals surface area contributed by atoms with E-state index in [0.717, 1.165) is 11.3 Å². The highest BCUT2D eigenvalue weighted by Gasteiger charge is 2.11. The van der Waals surface area contributed by atoms with Gasteiger partial charge >= 0.3 is 0 Å². The second-order valence-corrected chi connectivity index (χ2v) is 10.4. The summed E-state index contributed by atoms with van der Waals surface area (Å²) in [6.07, 6.45) is 14.5. The number of benzene rings is 4. The fraction of sp³-hybridized carbons (Fsp3) is 0.0270. The molecule has 39 heavy (non-hydrogen) atoms. The van der Waals surface area contributed by atoms with Crippen molar-refractivity contribution in [3.8, 4) is 22.3 Å². The molecule has 0 N–H and O–H groups in total. The van der Waals surface area contributed by atoms with Crippen LogP contribution in [-0.4, -0.2) is 0 Å². The molecule has 0 aliphatic heterocycles. The van der Waals surface area contributed by atoms with Crippen LogP contribution in [0.15, 0.2) is 152 Å². The summed E-state index contributed by atoms with van der Waals surface area (Å²) < 4.78 is 1.26. The van der Waals surface area contributed by atoms with Gasteiger partial charge in [0.15, 0.2) is 0 Å². The molecule has 190 valence electrons. The van der Waals surface area contributed by atoms with Gasteiger partial charge in [-0.1, -0.05) is 116 Å². The molecule has 0 spiro atoms. The lowest BCUT2D eigenvalue weighted by atomic mass is 9.97. The number of fused-ring (bicyclic) bond motifs is 1. The number of anilines is 1. The molecule has 0 unspecified atom stereocenters. The molecule has 0 amide bonds. The van der Waals surface area contributed by atoms with Crippen molar-refractivity contribution in [2.24, 2.45) is 0 Å². The van der Waals surface area contributed by atoms with Gasteiger partial charge in [0.2, 0.25) is 0 Å². The van der Waals surface area contributed by atoms with Gasteiger partial charge in [-0.3, -0.25) is 0 Å². The van der Waals surface area contributed by atoms with Gasteiger partial charge in [0, 0.05) is 38.6 Å². The van der Waals surface area contributed by atoms with Crippen LogP contribution in [0.2, 0.25) is 0 Å². The number of thiophene rings is 1. The summed E-state index contributed by atoms with van der Waals surface area (Å²) in [7, 11) is 0. The van der Waals surface area contributed by atoms with Gasteiger partial charge < -0.3 is 4.90 Å². The van der Waals surface area contributed by atoms with Crippen molar-refractivity contribution in [3.63, 3.8) is 0 Å². The van der Waals surface area contributed by atoms with Gasteiger partial charge in [0.1, 0.15) is 0 Å². The fourth-order valence-corrected chi connectivity index (χ4v) is 5.54. The summed E-state index contributed by atoms with van der Waals surface area (Å²) in [4.78, 5) is 3.35. The first-order valence-electron chi connectivity index (χ1n) is 13.0. The molecule has 1 nitrogen and oxygen atoms in total. The second-order valence-electron chi connectivity index (χ2n) is 9.35. The highest BCUT2D eigenvalue weighted by molar-refractivity contribution is 7.20. The minimum atomic E-state index is 1.01. The van der Waals surface area contributed by atoms with E-state index in [9.17, 15) is 0 Å². The topological polar surface area (TPSA) is 3.24 Å². The number of nitrogens with zero attached hydrogens (tertiary/aromatic N) is 1. The van der Waals surface area contributed by atoms with E-state index >= 15 is 0 Å². The van der Waals surface area contributed by atoms with E-state index in [1.54, 1.807) is 11.3 Å². The first-order chi connectivity index (χ1) is 19.1. The monoisotopic (exact) mass is 521 g/mol. The molecular formula is C37H31NS. The summed E-state index contributed by atoms with van der Waals surface area (Å²) in [5, 5.41) is 1.24.